The molecule has 0 heterocycles. The van der Waals surface area contributed by atoms with Gasteiger partial charge in [-0.15, -0.1) is 0 Å². The molecule has 0 aromatic rings. The molecule has 6 heteroatoms. The molecule has 0 saturated carbocycles. The van der Waals surface area contributed by atoms with Gasteiger partial charge >= 0.3 is 6.18 Å². The quantitative estimate of drug-likeness (QED) is 0.465. The molecule has 0 spiro atoms. The van der Waals surface area contributed by atoms with Gasteiger partial charge in [0.2, 0.25) is 0 Å². The molecule has 1 atom stereocenters. The lowest BCUT2D eigenvalue weighted by molar-refractivity contribution is -0.0896. The van der Waals surface area contributed by atoms with E-state index >= 15 is 0 Å². The standard InChI is InChI=1S/C12H20F3N3/c1-7(2)9(4)18-10(5)17-6-11(8(3)16)12(13,14)15/h6-7,9H,3,16H2,1-2,4-5H3,(H,17,18)/b11-6+/t9-/m0/s1. The molecule has 0 aromatic carbocycles. The van der Waals surface area contributed by atoms with E-state index in [0.29, 0.717) is 11.8 Å². The van der Waals surface area contributed by atoms with Crippen LogP contribution in [0.2, 0.25) is 0 Å². The predicted molar refractivity (Wildman–Crippen MR) is 68.0 cm³/mol. The fourth-order valence-electron chi connectivity index (χ4n) is 1.02. The van der Waals surface area contributed by atoms with E-state index in [2.05, 4.69) is 16.9 Å². The van der Waals surface area contributed by atoms with Gasteiger partial charge in [0.15, 0.2) is 0 Å². The number of aliphatic imine (C=N–C) groups is 1. The fourth-order valence-corrected chi connectivity index (χ4v) is 1.02. The number of hydrogen-bond acceptors (Lipinski definition) is 2. The van der Waals surface area contributed by atoms with Gasteiger partial charge in [0.1, 0.15) is 0 Å². The molecule has 104 valence electrons. The minimum absolute atomic E-state index is 0.0290. The van der Waals surface area contributed by atoms with Crippen molar-refractivity contribution in [3.63, 3.8) is 0 Å². The summed E-state index contributed by atoms with van der Waals surface area (Å²) in [4.78, 5) is 4.21. The molecule has 3 N–H and O–H groups in total. The largest absolute Gasteiger partial charge is 0.419 e. The van der Waals surface area contributed by atoms with Crippen molar-refractivity contribution in [3.05, 3.63) is 24.0 Å². The number of alkyl halides is 3. The van der Waals surface area contributed by atoms with Crippen molar-refractivity contribution in [2.75, 3.05) is 0 Å². The second-order valence-corrected chi connectivity index (χ2v) is 4.42. The first-order valence-corrected chi connectivity index (χ1v) is 5.58. The third-order valence-corrected chi connectivity index (χ3v) is 2.44. The maximum Gasteiger partial charge on any atom is 0.419 e. The van der Waals surface area contributed by atoms with Gasteiger partial charge in [-0.3, -0.25) is 4.99 Å². The Morgan fingerprint density at radius 2 is 1.83 bits per heavy atom. The smallest absolute Gasteiger partial charge is 0.399 e. The summed E-state index contributed by atoms with van der Waals surface area (Å²) < 4.78 is 37.6. The van der Waals surface area contributed by atoms with Gasteiger partial charge in [-0.2, -0.15) is 13.2 Å². The second-order valence-electron chi connectivity index (χ2n) is 4.42. The highest BCUT2D eigenvalue weighted by atomic mass is 19.4. The van der Waals surface area contributed by atoms with E-state index in [1.54, 1.807) is 6.92 Å². The normalized spacial score (nSPS) is 15.8. The van der Waals surface area contributed by atoms with Gasteiger partial charge in [0.25, 0.3) is 0 Å². The highest BCUT2D eigenvalue weighted by Crippen LogP contribution is 2.27. The molecule has 0 aliphatic rings. The maximum absolute atomic E-state index is 12.5. The number of amidine groups is 1. The summed E-state index contributed by atoms with van der Waals surface area (Å²) >= 11 is 0. The Morgan fingerprint density at radius 3 is 2.17 bits per heavy atom. The van der Waals surface area contributed by atoms with Crippen LogP contribution in [-0.4, -0.2) is 18.1 Å². The zero-order chi connectivity index (χ0) is 14.5. The number of nitrogens with one attached hydrogen (secondary N) is 1. The monoisotopic (exact) mass is 263 g/mol. The van der Waals surface area contributed by atoms with Crippen molar-refractivity contribution in [1.29, 1.82) is 0 Å². The van der Waals surface area contributed by atoms with Crippen LogP contribution in [-0.2, 0) is 0 Å². The van der Waals surface area contributed by atoms with Gasteiger partial charge in [-0.25, -0.2) is 0 Å². The molecule has 0 saturated heterocycles. The van der Waals surface area contributed by atoms with E-state index in [1.165, 1.54) is 0 Å². The van der Waals surface area contributed by atoms with E-state index in [4.69, 9.17) is 5.73 Å². The van der Waals surface area contributed by atoms with Crippen molar-refractivity contribution in [1.82, 2.24) is 5.32 Å². The lowest BCUT2D eigenvalue weighted by Crippen LogP contribution is -2.24. The summed E-state index contributed by atoms with van der Waals surface area (Å²) in [5, 5.41) is 2.48. The number of halogens is 3. The lowest BCUT2D eigenvalue weighted by atomic mass is 10.1. The molecule has 0 amide bonds. The Hall–Kier alpha value is -1.46. The highest BCUT2D eigenvalue weighted by molar-refractivity contribution is 5.80. The van der Waals surface area contributed by atoms with Crippen LogP contribution in [0, 0.1) is 5.92 Å². The van der Waals surface area contributed by atoms with Gasteiger partial charge in [0.05, 0.1) is 17.5 Å². The molecule has 0 radical (unpaired) electrons. The van der Waals surface area contributed by atoms with Crippen molar-refractivity contribution >= 4 is 5.84 Å². The van der Waals surface area contributed by atoms with Crippen LogP contribution in [0.15, 0.2) is 29.0 Å². The zero-order valence-corrected chi connectivity index (χ0v) is 11.1. The number of nitrogens with two attached hydrogens (primary N) is 1. The van der Waals surface area contributed by atoms with Crippen molar-refractivity contribution < 1.29 is 13.2 Å². The van der Waals surface area contributed by atoms with E-state index < -0.39 is 17.4 Å². The van der Waals surface area contributed by atoms with Crippen molar-refractivity contribution in [2.24, 2.45) is 16.6 Å². The number of allylic oxidation sites excluding steroid dienone is 1. The van der Waals surface area contributed by atoms with Gasteiger partial charge < -0.3 is 11.1 Å². The van der Waals surface area contributed by atoms with Gasteiger partial charge in [-0.05, 0) is 19.8 Å². The summed E-state index contributed by atoms with van der Waals surface area (Å²) in [5.74, 6) is 0.719. The number of nitrogens with zero attached hydrogens (tertiary/aromatic N) is 1. The minimum Gasteiger partial charge on any atom is -0.399 e. The van der Waals surface area contributed by atoms with Crippen LogP contribution in [0.25, 0.3) is 0 Å². The van der Waals surface area contributed by atoms with Crippen molar-refractivity contribution in [2.45, 2.75) is 39.9 Å². The molecule has 0 fully saturated rings. The molecule has 0 aliphatic carbocycles. The molecule has 0 unspecified atom stereocenters. The molecule has 3 nitrogen and oxygen atoms in total. The van der Waals surface area contributed by atoms with E-state index in [0.717, 1.165) is 6.20 Å². The van der Waals surface area contributed by atoms with Crippen LogP contribution in [0.5, 0.6) is 0 Å². The summed E-state index contributed by atoms with van der Waals surface area (Å²) in [5.41, 5.74) is 3.58. The maximum atomic E-state index is 12.5. The number of rotatable bonds is 4. The topological polar surface area (TPSA) is 50.4 Å². The van der Waals surface area contributed by atoms with Crippen LogP contribution >= 0.6 is 0 Å². The van der Waals surface area contributed by atoms with Crippen LogP contribution < -0.4 is 11.1 Å². The van der Waals surface area contributed by atoms with E-state index in [9.17, 15) is 13.2 Å². The minimum atomic E-state index is -4.53. The zero-order valence-electron chi connectivity index (χ0n) is 11.1. The Labute approximate surface area is 106 Å². The fraction of sp³-hybridized carbons (Fsp3) is 0.583. The molecule has 0 aliphatic heterocycles. The Kier molecular flexibility index (Phi) is 5.94. The van der Waals surface area contributed by atoms with Crippen LogP contribution in [0.3, 0.4) is 0 Å². The molecular weight excluding hydrogens is 243 g/mol. The second kappa shape index (κ2) is 6.47. The SMILES string of the molecule is C=C(N)/C(=C\NC(C)=N[C@@H](C)C(C)C)C(F)(F)F. The molecule has 0 rings (SSSR count). The third-order valence-electron chi connectivity index (χ3n) is 2.44. The summed E-state index contributed by atoms with van der Waals surface area (Å²) in [6.07, 6.45) is -3.74. The predicted octanol–water partition coefficient (Wildman–Crippen LogP) is 2.96. The first-order chi connectivity index (χ1) is 8.05. The molecular formula is C12H20F3N3. The number of hydrogen-bond donors (Lipinski definition) is 2. The Balaban J connectivity index is 4.85. The Morgan fingerprint density at radius 1 is 1.33 bits per heavy atom. The summed E-state index contributed by atoms with van der Waals surface area (Å²) in [6.45, 7) is 10.6. The third kappa shape index (κ3) is 5.75. The van der Waals surface area contributed by atoms with Gasteiger partial charge in [-0.1, -0.05) is 20.4 Å². The summed E-state index contributed by atoms with van der Waals surface area (Å²) in [6, 6.07) is 0.0290. The molecule has 0 bridgehead atoms. The first kappa shape index (κ1) is 16.5. The average molecular weight is 263 g/mol. The highest BCUT2D eigenvalue weighted by Gasteiger charge is 2.34. The molecule has 0 aromatic heterocycles. The first-order valence-electron chi connectivity index (χ1n) is 5.58. The Bertz CT molecular complexity index is 354. The average Bonchev–Trinajstić information content (AvgIpc) is 2.14. The van der Waals surface area contributed by atoms with Crippen LogP contribution in [0.1, 0.15) is 27.7 Å². The molecule has 18 heavy (non-hydrogen) atoms. The van der Waals surface area contributed by atoms with Gasteiger partial charge in [0, 0.05) is 11.9 Å². The van der Waals surface area contributed by atoms with E-state index in [-0.39, 0.29) is 6.04 Å². The van der Waals surface area contributed by atoms with Crippen molar-refractivity contribution in [3.8, 4) is 0 Å². The summed E-state index contributed by atoms with van der Waals surface area (Å²) in [7, 11) is 0. The van der Waals surface area contributed by atoms with Crippen LogP contribution in [0.4, 0.5) is 13.2 Å². The lowest BCUT2D eigenvalue weighted by Gasteiger charge is -2.14. The van der Waals surface area contributed by atoms with E-state index in [1.807, 2.05) is 20.8 Å².